The van der Waals surface area contributed by atoms with Gasteiger partial charge < -0.3 is 10.2 Å². The molecule has 3 heterocycles. The summed E-state index contributed by atoms with van der Waals surface area (Å²) in [6, 6.07) is 2.50. The summed E-state index contributed by atoms with van der Waals surface area (Å²) in [5.74, 6) is 0.348. The first-order chi connectivity index (χ1) is 9.15. The van der Waals surface area contributed by atoms with Crippen LogP contribution >= 0.6 is 11.3 Å². The number of carbonyl (C=O) groups is 1. The Hall–Kier alpha value is -0.870. The van der Waals surface area contributed by atoms with Crippen molar-refractivity contribution in [2.24, 2.45) is 5.41 Å². The van der Waals surface area contributed by atoms with E-state index in [-0.39, 0.29) is 5.41 Å². The van der Waals surface area contributed by atoms with Crippen molar-refractivity contribution in [2.75, 3.05) is 19.6 Å². The number of nitrogens with one attached hydrogen (secondary N) is 1. The Balaban J connectivity index is 1.87. The van der Waals surface area contributed by atoms with Crippen LogP contribution in [-0.2, 0) is 11.2 Å². The zero-order valence-corrected chi connectivity index (χ0v) is 12.6. The molecular weight excluding hydrogens is 256 g/mol. The Morgan fingerprint density at radius 1 is 1.63 bits per heavy atom. The molecule has 19 heavy (non-hydrogen) atoms. The lowest BCUT2D eigenvalue weighted by molar-refractivity contribution is -0.143. The van der Waals surface area contributed by atoms with Gasteiger partial charge in [-0.1, -0.05) is 6.92 Å². The Kier molecular flexibility index (Phi) is 3.39. The molecule has 0 spiro atoms. The molecule has 0 aromatic carbocycles. The standard InChI is InChI=1S/C15H22N2OS/c1-3-12-11-5-9-19-13(11)4-8-17(12)14(18)15(2)6-7-16-10-15/h5,9,12,16H,3-4,6-8,10H2,1-2H3. The van der Waals surface area contributed by atoms with Crippen LogP contribution in [0.1, 0.15) is 43.2 Å². The highest BCUT2D eigenvalue weighted by Crippen LogP contribution is 2.38. The normalized spacial score (nSPS) is 30.4. The van der Waals surface area contributed by atoms with Gasteiger partial charge in [-0.25, -0.2) is 0 Å². The highest BCUT2D eigenvalue weighted by Gasteiger charge is 2.42. The Labute approximate surface area is 119 Å². The fraction of sp³-hybridized carbons (Fsp3) is 0.667. The number of thiophene rings is 1. The third kappa shape index (κ3) is 2.11. The predicted octanol–water partition coefficient (Wildman–Crippen LogP) is 2.58. The number of rotatable bonds is 2. The van der Waals surface area contributed by atoms with E-state index in [1.807, 2.05) is 11.3 Å². The minimum absolute atomic E-state index is 0.194. The molecule has 104 valence electrons. The lowest BCUT2D eigenvalue weighted by Crippen LogP contribution is -2.47. The first-order valence-electron chi connectivity index (χ1n) is 7.24. The van der Waals surface area contributed by atoms with Gasteiger partial charge in [0, 0.05) is 18.0 Å². The maximum Gasteiger partial charge on any atom is 0.230 e. The summed E-state index contributed by atoms with van der Waals surface area (Å²) in [5, 5.41) is 5.50. The van der Waals surface area contributed by atoms with E-state index >= 15 is 0 Å². The van der Waals surface area contributed by atoms with Gasteiger partial charge in [-0.05, 0) is 49.7 Å². The molecule has 2 atom stereocenters. The molecule has 0 saturated carbocycles. The first-order valence-corrected chi connectivity index (χ1v) is 8.12. The van der Waals surface area contributed by atoms with Crippen LogP contribution < -0.4 is 5.32 Å². The molecule has 2 unspecified atom stereocenters. The molecule has 4 heteroatoms. The lowest BCUT2D eigenvalue weighted by Gasteiger charge is -2.39. The van der Waals surface area contributed by atoms with Crippen LogP contribution in [0.3, 0.4) is 0 Å². The van der Waals surface area contributed by atoms with Crippen molar-refractivity contribution in [2.45, 2.75) is 39.2 Å². The molecule has 1 aromatic rings. The molecule has 3 rings (SSSR count). The van der Waals surface area contributed by atoms with Gasteiger partial charge in [0.05, 0.1) is 11.5 Å². The van der Waals surface area contributed by atoms with E-state index in [1.54, 1.807) is 0 Å². The van der Waals surface area contributed by atoms with Crippen molar-refractivity contribution in [3.05, 3.63) is 21.9 Å². The summed E-state index contributed by atoms with van der Waals surface area (Å²) in [6.07, 6.45) is 3.01. The van der Waals surface area contributed by atoms with E-state index < -0.39 is 0 Å². The summed E-state index contributed by atoms with van der Waals surface area (Å²) in [7, 11) is 0. The molecule has 1 amide bonds. The number of nitrogens with zero attached hydrogens (tertiary/aromatic N) is 1. The molecular formula is C15H22N2OS. The molecule has 1 aromatic heterocycles. The predicted molar refractivity (Wildman–Crippen MR) is 78.4 cm³/mol. The number of amides is 1. The summed E-state index contributed by atoms with van der Waals surface area (Å²) < 4.78 is 0. The van der Waals surface area contributed by atoms with Crippen LogP contribution in [0.15, 0.2) is 11.4 Å². The van der Waals surface area contributed by atoms with Gasteiger partial charge in [-0.3, -0.25) is 4.79 Å². The Morgan fingerprint density at radius 3 is 3.16 bits per heavy atom. The zero-order valence-electron chi connectivity index (χ0n) is 11.7. The van der Waals surface area contributed by atoms with Gasteiger partial charge in [-0.2, -0.15) is 0 Å². The van der Waals surface area contributed by atoms with Crippen molar-refractivity contribution >= 4 is 17.2 Å². The molecule has 0 radical (unpaired) electrons. The van der Waals surface area contributed by atoms with Crippen LogP contribution in [0.2, 0.25) is 0 Å². The molecule has 1 N–H and O–H groups in total. The van der Waals surface area contributed by atoms with Gasteiger partial charge in [-0.15, -0.1) is 11.3 Å². The van der Waals surface area contributed by atoms with Gasteiger partial charge in [0.25, 0.3) is 0 Å². The fourth-order valence-corrected chi connectivity index (χ4v) is 4.35. The summed E-state index contributed by atoms with van der Waals surface area (Å²) in [4.78, 5) is 16.5. The average Bonchev–Trinajstić information content (AvgIpc) is 3.05. The molecule has 1 saturated heterocycles. The Morgan fingerprint density at radius 2 is 2.47 bits per heavy atom. The summed E-state index contributed by atoms with van der Waals surface area (Å²) in [5.41, 5.74) is 1.20. The smallest absolute Gasteiger partial charge is 0.230 e. The zero-order chi connectivity index (χ0) is 13.5. The van der Waals surface area contributed by atoms with Gasteiger partial charge in [0.1, 0.15) is 0 Å². The van der Waals surface area contributed by atoms with Gasteiger partial charge >= 0.3 is 0 Å². The molecule has 2 aliphatic rings. The number of carbonyl (C=O) groups excluding carboxylic acids is 1. The van der Waals surface area contributed by atoms with Crippen LogP contribution in [0.4, 0.5) is 0 Å². The van der Waals surface area contributed by atoms with Crippen LogP contribution in [-0.4, -0.2) is 30.4 Å². The number of fused-ring (bicyclic) bond motifs is 1. The Bertz CT molecular complexity index is 476. The monoisotopic (exact) mass is 278 g/mol. The topological polar surface area (TPSA) is 32.3 Å². The second kappa shape index (κ2) is 4.91. The van der Waals surface area contributed by atoms with Crippen molar-refractivity contribution in [3.63, 3.8) is 0 Å². The molecule has 0 bridgehead atoms. The number of hydrogen-bond acceptors (Lipinski definition) is 3. The van der Waals surface area contributed by atoms with Crippen molar-refractivity contribution in [1.82, 2.24) is 10.2 Å². The molecule has 1 fully saturated rings. The van der Waals surface area contributed by atoms with E-state index in [0.29, 0.717) is 11.9 Å². The number of hydrogen-bond donors (Lipinski definition) is 1. The fourth-order valence-electron chi connectivity index (χ4n) is 3.43. The molecule has 2 aliphatic heterocycles. The minimum atomic E-state index is -0.194. The van der Waals surface area contributed by atoms with Crippen molar-refractivity contribution in [1.29, 1.82) is 0 Å². The maximum atomic E-state index is 12.9. The summed E-state index contributed by atoms with van der Waals surface area (Å²) in [6.45, 7) is 6.99. The first kappa shape index (κ1) is 13.1. The van der Waals surface area contributed by atoms with E-state index in [9.17, 15) is 4.79 Å². The summed E-state index contributed by atoms with van der Waals surface area (Å²) >= 11 is 1.84. The van der Waals surface area contributed by atoms with Gasteiger partial charge in [0.15, 0.2) is 0 Å². The highest BCUT2D eigenvalue weighted by atomic mass is 32.1. The third-order valence-electron chi connectivity index (χ3n) is 4.63. The van der Waals surface area contributed by atoms with Crippen molar-refractivity contribution < 1.29 is 4.79 Å². The highest BCUT2D eigenvalue weighted by molar-refractivity contribution is 7.10. The minimum Gasteiger partial charge on any atom is -0.335 e. The molecule has 3 nitrogen and oxygen atoms in total. The maximum absolute atomic E-state index is 12.9. The van der Waals surface area contributed by atoms with Crippen molar-refractivity contribution in [3.8, 4) is 0 Å². The van der Waals surface area contributed by atoms with Gasteiger partial charge in [0.2, 0.25) is 5.91 Å². The average molecular weight is 278 g/mol. The second-order valence-corrected chi connectivity index (χ2v) is 6.96. The van der Waals surface area contributed by atoms with E-state index in [4.69, 9.17) is 0 Å². The third-order valence-corrected chi connectivity index (χ3v) is 5.62. The molecule has 0 aliphatic carbocycles. The lowest BCUT2D eigenvalue weighted by atomic mass is 9.85. The van der Waals surface area contributed by atoms with E-state index in [2.05, 4.69) is 35.5 Å². The van der Waals surface area contributed by atoms with Crippen LogP contribution in [0.25, 0.3) is 0 Å². The largest absolute Gasteiger partial charge is 0.335 e. The second-order valence-electron chi connectivity index (χ2n) is 5.96. The van der Waals surface area contributed by atoms with Crippen LogP contribution in [0, 0.1) is 5.41 Å². The van der Waals surface area contributed by atoms with E-state index in [0.717, 1.165) is 38.9 Å². The SMILES string of the molecule is CCC1c2ccsc2CCN1C(=O)C1(C)CCNC1. The van der Waals surface area contributed by atoms with E-state index in [1.165, 1.54) is 10.4 Å². The van der Waals surface area contributed by atoms with Crippen LogP contribution in [0.5, 0.6) is 0 Å². The quantitative estimate of drug-likeness (QED) is 0.902.